The van der Waals surface area contributed by atoms with E-state index in [2.05, 4.69) is 26.6 Å². The number of carbonyl (C=O) groups excluding carboxylic acids is 2. The Morgan fingerprint density at radius 2 is 1.75 bits per heavy atom. The maximum atomic E-state index is 13.5. The Balaban J connectivity index is 1.59. The standard InChI is InChI=1S/C29H28BrN3O3/c1-31-29(35)27(17-20-7-6-10-22(30)15-20)33-28(34)24-18-25(21-8-4-3-5-9-21)32-26(24)16-19-11-13-23(36-2)14-12-19/h3-15,18,26-27H,16-17H2,1-2H3,(H,31,35)(H,33,34)/t26?,27-/m0/s1. The van der Waals surface area contributed by atoms with Gasteiger partial charge in [0.1, 0.15) is 11.8 Å². The van der Waals surface area contributed by atoms with E-state index >= 15 is 0 Å². The molecule has 7 heteroatoms. The summed E-state index contributed by atoms with van der Waals surface area (Å²) in [4.78, 5) is 31.1. The molecule has 0 saturated carbocycles. The average Bonchev–Trinajstić information content (AvgIpc) is 3.32. The summed E-state index contributed by atoms with van der Waals surface area (Å²) in [5.41, 5.74) is 4.21. The van der Waals surface area contributed by atoms with Gasteiger partial charge >= 0.3 is 0 Å². The summed E-state index contributed by atoms with van der Waals surface area (Å²) >= 11 is 3.47. The fourth-order valence-corrected chi connectivity index (χ4v) is 4.61. The second kappa shape index (κ2) is 11.8. The average molecular weight is 546 g/mol. The Kier molecular flexibility index (Phi) is 8.33. The summed E-state index contributed by atoms with van der Waals surface area (Å²) in [5, 5.41) is 5.62. The number of hydrogen-bond acceptors (Lipinski definition) is 4. The lowest BCUT2D eigenvalue weighted by atomic mass is 9.98. The number of likely N-dealkylation sites (N-methyl/N-ethyl adjacent to an activating group) is 1. The summed E-state index contributed by atoms with van der Waals surface area (Å²) in [6.07, 6.45) is 2.75. The fraction of sp³-hybridized carbons (Fsp3) is 0.207. The van der Waals surface area contributed by atoms with E-state index in [1.807, 2.05) is 84.9 Å². The van der Waals surface area contributed by atoms with Gasteiger partial charge < -0.3 is 15.4 Å². The molecule has 0 saturated heterocycles. The van der Waals surface area contributed by atoms with Gasteiger partial charge in [0.05, 0.1) is 18.9 Å². The van der Waals surface area contributed by atoms with E-state index in [0.29, 0.717) is 18.4 Å². The molecule has 0 radical (unpaired) electrons. The van der Waals surface area contributed by atoms with Gasteiger partial charge in [-0.2, -0.15) is 0 Å². The molecule has 0 spiro atoms. The van der Waals surface area contributed by atoms with Crippen molar-refractivity contribution in [3.8, 4) is 5.75 Å². The molecule has 3 aromatic rings. The van der Waals surface area contributed by atoms with Crippen molar-refractivity contribution in [2.75, 3.05) is 14.2 Å². The summed E-state index contributed by atoms with van der Waals surface area (Å²) in [6.45, 7) is 0. The molecule has 0 aromatic heterocycles. The van der Waals surface area contributed by atoms with Crippen LogP contribution in [-0.2, 0) is 22.4 Å². The predicted molar refractivity (Wildman–Crippen MR) is 145 cm³/mol. The highest BCUT2D eigenvalue weighted by atomic mass is 79.9. The summed E-state index contributed by atoms with van der Waals surface area (Å²) in [5.74, 6) is 0.220. The lowest BCUT2D eigenvalue weighted by molar-refractivity contribution is -0.127. The van der Waals surface area contributed by atoms with Crippen molar-refractivity contribution in [3.63, 3.8) is 0 Å². The van der Waals surface area contributed by atoms with Crippen molar-refractivity contribution in [2.24, 2.45) is 4.99 Å². The minimum absolute atomic E-state index is 0.252. The van der Waals surface area contributed by atoms with Gasteiger partial charge in [-0.1, -0.05) is 70.5 Å². The maximum absolute atomic E-state index is 13.5. The van der Waals surface area contributed by atoms with E-state index in [1.165, 1.54) is 0 Å². The minimum atomic E-state index is -0.722. The number of aliphatic imine (C=N–C) groups is 1. The van der Waals surface area contributed by atoms with Gasteiger partial charge in [-0.25, -0.2) is 0 Å². The van der Waals surface area contributed by atoms with Crippen LogP contribution in [0.15, 0.2) is 100.0 Å². The Morgan fingerprint density at radius 1 is 1.00 bits per heavy atom. The summed E-state index contributed by atoms with van der Waals surface area (Å²) in [7, 11) is 3.20. The van der Waals surface area contributed by atoms with Crippen LogP contribution in [-0.4, -0.2) is 43.8 Å². The normalized spacial score (nSPS) is 15.5. The first-order valence-electron chi connectivity index (χ1n) is 11.7. The van der Waals surface area contributed by atoms with Crippen molar-refractivity contribution in [2.45, 2.75) is 24.9 Å². The molecule has 1 heterocycles. The molecule has 2 amide bonds. The van der Waals surface area contributed by atoms with Crippen LogP contribution in [0.25, 0.3) is 0 Å². The van der Waals surface area contributed by atoms with Crippen LogP contribution in [0, 0.1) is 0 Å². The highest BCUT2D eigenvalue weighted by molar-refractivity contribution is 9.10. The molecule has 184 valence electrons. The minimum Gasteiger partial charge on any atom is -0.497 e. The van der Waals surface area contributed by atoms with Crippen LogP contribution in [0.4, 0.5) is 0 Å². The molecule has 3 aromatic carbocycles. The van der Waals surface area contributed by atoms with E-state index in [9.17, 15) is 9.59 Å². The lowest BCUT2D eigenvalue weighted by Gasteiger charge is -2.20. The van der Waals surface area contributed by atoms with Crippen molar-refractivity contribution in [1.29, 1.82) is 0 Å². The molecule has 4 rings (SSSR count). The number of rotatable bonds is 9. The molecule has 1 unspecified atom stereocenters. The number of benzene rings is 3. The van der Waals surface area contributed by atoms with E-state index in [-0.39, 0.29) is 17.9 Å². The molecule has 2 N–H and O–H groups in total. The van der Waals surface area contributed by atoms with E-state index in [0.717, 1.165) is 32.6 Å². The first-order chi connectivity index (χ1) is 17.5. The first-order valence-corrected chi connectivity index (χ1v) is 12.5. The Morgan fingerprint density at radius 3 is 2.42 bits per heavy atom. The summed E-state index contributed by atoms with van der Waals surface area (Å²) in [6, 6.07) is 24.2. The zero-order chi connectivity index (χ0) is 25.5. The number of amides is 2. The predicted octanol–water partition coefficient (Wildman–Crippen LogP) is 4.27. The van der Waals surface area contributed by atoms with Crippen LogP contribution in [0.1, 0.15) is 16.7 Å². The van der Waals surface area contributed by atoms with E-state index < -0.39 is 6.04 Å². The van der Waals surface area contributed by atoms with Gasteiger partial charge in [-0.3, -0.25) is 14.6 Å². The number of carbonyl (C=O) groups is 2. The molecule has 2 atom stereocenters. The number of ether oxygens (including phenoxy) is 1. The van der Waals surface area contributed by atoms with Crippen LogP contribution >= 0.6 is 15.9 Å². The molecule has 0 fully saturated rings. The SMILES string of the molecule is CNC(=O)[C@H](Cc1cccc(Br)c1)NC(=O)C1=CC(c2ccccc2)=NC1Cc1ccc(OC)cc1. The van der Waals surface area contributed by atoms with Gasteiger partial charge in [0, 0.05) is 23.5 Å². The van der Waals surface area contributed by atoms with E-state index in [4.69, 9.17) is 9.73 Å². The zero-order valence-corrected chi connectivity index (χ0v) is 21.8. The van der Waals surface area contributed by atoms with Gasteiger partial charge in [-0.05, 0) is 53.5 Å². The Bertz CT molecular complexity index is 1290. The highest BCUT2D eigenvalue weighted by Gasteiger charge is 2.30. The number of hydrogen-bond donors (Lipinski definition) is 2. The van der Waals surface area contributed by atoms with Crippen molar-refractivity contribution in [3.05, 3.63) is 112 Å². The van der Waals surface area contributed by atoms with Crippen LogP contribution in [0.5, 0.6) is 5.75 Å². The quantitative estimate of drug-likeness (QED) is 0.421. The number of allylic oxidation sites excluding steroid dienone is 1. The van der Waals surface area contributed by atoms with Gasteiger partial charge in [0.15, 0.2) is 0 Å². The number of nitrogens with one attached hydrogen (secondary N) is 2. The fourth-order valence-electron chi connectivity index (χ4n) is 4.17. The maximum Gasteiger partial charge on any atom is 0.250 e. The van der Waals surface area contributed by atoms with Crippen molar-refractivity contribution in [1.82, 2.24) is 10.6 Å². The number of nitrogens with zero attached hydrogens (tertiary/aromatic N) is 1. The molecular weight excluding hydrogens is 518 g/mol. The van der Waals surface area contributed by atoms with Crippen LogP contribution < -0.4 is 15.4 Å². The molecule has 1 aliphatic rings. The lowest BCUT2D eigenvalue weighted by Crippen LogP contribution is -2.48. The third kappa shape index (κ3) is 6.29. The Labute approximate surface area is 219 Å². The first kappa shape index (κ1) is 25.4. The highest BCUT2D eigenvalue weighted by Crippen LogP contribution is 2.24. The second-order valence-corrected chi connectivity index (χ2v) is 9.44. The topological polar surface area (TPSA) is 79.8 Å². The second-order valence-electron chi connectivity index (χ2n) is 8.52. The summed E-state index contributed by atoms with van der Waals surface area (Å²) < 4.78 is 6.18. The third-order valence-electron chi connectivity index (χ3n) is 6.06. The van der Waals surface area contributed by atoms with Crippen molar-refractivity contribution < 1.29 is 14.3 Å². The molecule has 0 aliphatic carbocycles. The molecular formula is C29H28BrN3O3. The molecule has 36 heavy (non-hydrogen) atoms. The van der Waals surface area contributed by atoms with Crippen molar-refractivity contribution >= 4 is 33.5 Å². The van der Waals surface area contributed by atoms with Gasteiger partial charge in [0.25, 0.3) is 0 Å². The molecule has 6 nitrogen and oxygen atoms in total. The largest absolute Gasteiger partial charge is 0.497 e. The van der Waals surface area contributed by atoms with Crippen LogP contribution in [0.3, 0.4) is 0 Å². The molecule has 0 bridgehead atoms. The zero-order valence-electron chi connectivity index (χ0n) is 20.2. The Hall–Kier alpha value is -3.71. The monoisotopic (exact) mass is 545 g/mol. The number of methoxy groups -OCH3 is 1. The number of halogens is 1. The van der Waals surface area contributed by atoms with E-state index in [1.54, 1.807) is 14.2 Å². The van der Waals surface area contributed by atoms with Gasteiger partial charge in [0.2, 0.25) is 11.8 Å². The smallest absolute Gasteiger partial charge is 0.250 e. The molecule has 1 aliphatic heterocycles. The third-order valence-corrected chi connectivity index (χ3v) is 6.56. The van der Waals surface area contributed by atoms with Gasteiger partial charge in [-0.15, -0.1) is 0 Å². The van der Waals surface area contributed by atoms with Crippen LogP contribution in [0.2, 0.25) is 0 Å².